The minimum atomic E-state index is 0.885. The van der Waals surface area contributed by atoms with Crippen LogP contribution in [0.15, 0.2) is 24.3 Å². The monoisotopic (exact) mass is 177 g/mol. The van der Waals surface area contributed by atoms with Crippen molar-refractivity contribution >= 4 is 5.71 Å². The molecule has 0 aliphatic carbocycles. The molecule has 0 aromatic heterocycles. The van der Waals surface area contributed by atoms with Gasteiger partial charge in [-0.3, -0.25) is 0 Å². The van der Waals surface area contributed by atoms with Crippen LogP contribution >= 0.6 is 0 Å². The summed E-state index contributed by atoms with van der Waals surface area (Å²) < 4.78 is 7.07. The highest BCUT2D eigenvalue weighted by atomic mass is 16.5. The Hall–Kier alpha value is -1.44. The Labute approximate surface area is 79.5 Å². The second kappa shape index (κ2) is 3.99. The van der Waals surface area contributed by atoms with Gasteiger partial charge in [-0.05, 0) is 25.6 Å². The van der Waals surface area contributed by atoms with E-state index in [0.717, 1.165) is 17.0 Å². The highest BCUT2D eigenvalue weighted by Gasteiger charge is 2.02. The highest BCUT2D eigenvalue weighted by Crippen LogP contribution is 2.17. The zero-order valence-corrected chi connectivity index (χ0v) is 8.37. The molecular weight excluding hydrogens is 162 g/mol. The Kier molecular flexibility index (Phi) is 2.96. The van der Waals surface area contributed by atoms with E-state index < -0.39 is 0 Å². The van der Waals surface area contributed by atoms with Gasteiger partial charge in [0.25, 0.3) is 0 Å². The normalized spacial score (nSPS) is 12.2. The van der Waals surface area contributed by atoms with Crippen LogP contribution in [0.25, 0.3) is 0 Å². The number of rotatable bonds is 2. The fourth-order valence-electron chi connectivity index (χ4n) is 1.15. The average molecular weight is 177 g/mol. The van der Waals surface area contributed by atoms with E-state index in [2.05, 4.69) is 7.05 Å². The lowest BCUT2D eigenvalue weighted by Gasteiger charge is -2.11. The number of benzene rings is 1. The van der Waals surface area contributed by atoms with E-state index in [4.69, 9.17) is 4.74 Å². The number of hydrogen-bond acceptors (Lipinski definition) is 1. The molecule has 0 aliphatic heterocycles. The molecule has 0 unspecified atom stereocenters. The maximum atomic E-state index is 5.24. The summed E-state index contributed by atoms with van der Waals surface area (Å²) in [5, 5.41) is 0. The van der Waals surface area contributed by atoms with Crippen LogP contribution in [-0.4, -0.2) is 24.4 Å². The first kappa shape index (κ1) is 9.65. The maximum Gasteiger partial charge on any atom is 0.114 e. The van der Waals surface area contributed by atoms with Crippen LogP contribution in [0.1, 0.15) is 12.5 Å². The number of ether oxygens (including phenoxy) is 1. The molecule has 70 valence electrons. The third kappa shape index (κ3) is 2.02. The van der Waals surface area contributed by atoms with Gasteiger partial charge in [-0.1, -0.05) is 18.2 Å². The molecule has 0 saturated heterocycles. The van der Waals surface area contributed by atoms with E-state index in [1.807, 2.05) is 42.8 Å². The van der Waals surface area contributed by atoms with Crippen molar-refractivity contribution in [2.45, 2.75) is 6.92 Å². The van der Waals surface area contributed by atoms with Gasteiger partial charge in [0.1, 0.15) is 12.8 Å². The Morgan fingerprint density at radius 3 is 2.54 bits per heavy atom. The van der Waals surface area contributed by atoms with Crippen molar-refractivity contribution in [2.75, 3.05) is 14.2 Å². The number of hydrogen-bond donors (Lipinski definition) is 0. The van der Waals surface area contributed by atoms with Gasteiger partial charge in [0.05, 0.1) is 7.11 Å². The summed E-state index contributed by atoms with van der Waals surface area (Å²) in [6.07, 6.45) is 0. The number of para-hydroxylation sites is 1. The zero-order valence-electron chi connectivity index (χ0n) is 8.37. The Bertz CT molecular complexity index is 325. The van der Waals surface area contributed by atoms with Crippen molar-refractivity contribution in [1.29, 1.82) is 0 Å². The van der Waals surface area contributed by atoms with Gasteiger partial charge in [0.2, 0.25) is 0 Å². The molecule has 0 radical (unpaired) electrons. The molecule has 0 aliphatic rings. The van der Waals surface area contributed by atoms with E-state index in [-0.39, 0.29) is 0 Å². The summed E-state index contributed by atoms with van der Waals surface area (Å²) in [7, 11) is 7.43. The SMILES string of the molecule is [CH2-]/[N+](C)=C(/C)c1ccccc1OC. The van der Waals surface area contributed by atoms with Crippen LogP contribution in [-0.2, 0) is 0 Å². The van der Waals surface area contributed by atoms with Crippen molar-refractivity contribution in [3.05, 3.63) is 36.9 Å². The van der Waals surface area contributed by atoms with E-state index in [1.165, 1.54) is 0 Å². The molecule has 0 N–H and O–H groups in total. The van der Waals surface area contributed by atoms with Crippen molar-refractivity contribution in [3.8, 4) is 5.75 Å². The zero-order chi connectivity index (χ0) is 9.84. The molecule has 0 atom stereocenters. The van der Waals surface area contributed by atoms with Gasteiger partial charge in [0, 0.05) is 5.71 Å². The fraction of sp³-hybridized carbons (Fsp3) is 0.273. The smallest absolute Gasteiger partial charge is 0.114 e. The van der Waals surface area contributed by atoms with Gasteiger partial charge in [-0.15, -0.1) is 0 Å². The van der Waals surface area contributed by atoms with Gasteiger partial charge in [-0.2, -0.15) is 0 Å². The number of methoxy groups -OCH3 is 1. The topological polar surface area (TPSA) is 12.2 Å². The van der Waals surface area contributed by atoms with E-state index in [9.17, 15) is 0 Å². The van der Waals surface area contributed by atoms with E-state index >= 15 is 0 Å². The molecule has 1 aromatic rings. The second-order valence-electron chi connectivity index (χ2n) is 2.98. The van der Waals surface area contributed by atoms with Crippen molar-refractivity contribution in [2.24, 2.45) is 0 Å². The fourth-order valence-corrected chi connectivity index (χ4v) is 1.15. The lowest BCUT2D eigenvalue weighted by Crippen LogP contribution is -2.09. The minimum Gasteiger partial charge on any atom is -0.498 e. The molecule has 2 nitrogen and oxygen atoms in total. The standard InChI is InChI=1S/C11H15NO/c1-9(12(2)3)10-7-5-6-8-11(10)13-4/h5-8H,2H2,1,3-4H3. The van der Waals surface area contributed by atoms with Crippen molar-refractivity contribution in [3.63, 3.8) is 0 Å². The molecule has 0 saturated carbocycles. The molecule has 0 bridgehead atoms. The lowest BCUT2D eigenvalue weighted by molar-refractivity contribution is -0.430. The van der Waals surface area contributed by atoms with Gasteiger partial charge in [-0.25, -0.2) is 0 Å². The molecule has 13 heavy (non-hydrogen) atoms. The first-order chi connectivity index (χ1) is 6.16. The van der Waals surface area contributed by atoms with Crippen LogP contribution in [0.2, 0.25) is 0 Å². The average Bonchev–Trinajstić information content (AvgIpc) is 2.16. The van der Waals surface area contributed by atoms with Crippen LogP contribution in [0.5, 0.6) is 5.75 Å². The Morgan fingerprint density at radius 2 is 2.00 bits per heavy atom. The Morgan fingerprint density at radius 1 is 1.38 bits per heavy atom. The van der Waals surface area contributed by atoms with Crippen LogP contribution in [0.3, 0.4) is 0 Å². The second-order valence-corrected chi connectivity index (χ2v) is 2.98. The summed E-state index contributed by atoms with van der Waals surface area (Å²) in [6.45, 7) is 2.02. The molecular formula is C11H15NO. The number of nitrogens with zero attached hydrogens (tertiary/aromatic N) is 1. The van der Waals surface area contributed by atoms with E-state index in [0.29, 0.717) is 0 Å². The quantitative estimate of drug-likeness (QED) is 0.382. The highest BCUT2D eigenvalue weighted by molar-refractivity contribution is 5.97. The summed E-state index contributed by atoms with van der Waals surface area (Å²) in [5.41, 5.74) is 2.18. The third-order valence-corrected chi connectivity index (χ3v) is 2.07. The molecule has 0 fully saturated rings. The van der Waals surface area contributed by atoms with E-state index in [1.54, 1.807) is 7.11 Å². The van der Waals surface area contributed by atoms with Crippen molar-refractivity contribution < 1.29 is 9.31 Å². The Balaban J connectivity index is 3.21. The molecule has 0 heterocycles. The summed E-state index contributed by atoms with van der Waals surface area (Å²) in [5.74, 6) is 0.885. The summed E-state index contributed by atoms with van der Waals surface area (Å²) >= 11 is 0. The molecule has 1 aromatic carbocycles. The van der Waals surface area contributed by atoms with Crippen LogP contribution < -0.4 is 4.74 Å². The third-order valence-electron chi connectivity index (χ3n) is 2.07. The van der Waals surface area contributed by atoms with Gasteiger partial charge >= 0.3 is 0 Å². The summed E-state index contributed by atoms with van der Waals surface area (Å²) in [4.78, 5) is 0. The van der Waals surface area contributed by atoms with Crippen LogP contribution in [0, 0.1) is 7.05 Å². The predicted octanol–water partition coefficient (Wildman–Crippen LogP) is 1.94. The van der Waals surface area contributed by atoms with Crippen molar-refractivity contribution in [1.82, 2.24) is 0 Å². The predicted molar refractivity (Wildman–Crippen MR) is 54.3 cm³/mol. The largest absolute Gasteiger partial charge is 0.498 e. The molecule has 2 heteroatoms. The maximum absolute atomic E-state index is 5.24. The van der Waals surface area contributed by atoms with Gasteiger partial charge < -0.3 is 9.31 Å². The van der Waals surface area contributed by atoms with Gasteiger partial charge in [0.15, 0.2) is 0 Å². The summed E-state index contributed by atoms with van der Waals surface area (Å²) in [6, 6.07) is 7.92. The van der Waals surface area contributed by atoms with Crippen LogP contribution in [0.4, 0.5) is 0 Å². The minimum absolute atomic E-state index is 0.885. The molecule has 1 rings (SSSR count). The first-order valence-electron chi connectivity index (χ1n) is 4.18. The lowest BCUT2D eigenvalue weighted by atomic mass is 10.1. The molecule has 0 spiro atoms. The molecule has 0 amide bonds. The first-order valence-corrected chi connectivity index (χ1v) is 4.18.